The van der Waals surface area contributed by atoms with Crippen molar-refractivity contribution in [2.75, 3.05) is 13.1 Å². The lowest BCUT2D eigenvalue weighted by Gasteiger charge is -2.35. The predicted octanol–water partition coefficient (Wildman–Crippen LogP) is 3.92. The molecule has 1 aliphatic carbocycles. The first-order valence-corrected chi connectivity index (χ1v) is 9.93. The zero-order valence-corrected chi connectivity index (χ0v) is 16.0. The number of hydrogen-bond acceptors (Lipinski definition) is 4. The van der Waals surface area contributed by atoms with E-state index in [-0.39, 0.29) is 10.8 Å². The van der Waals surface area contributed by atoms with E-state index in [1.807, 2.05) is 6.20 Å². The summed E-state index contributed by atoms with van der Waals surface area (Å²) in [4.78, 5) is 25.3. The van der Waals surface area contributed by atoms with E-state index in [1.165, 1.54) is 4.88 Å². The molecule has 4 nitrogen and oxygen atoms in total. The van der Waals surface area contributed by atoms with Gasteiger partial charge in [0, 0.05) is 35.8 Å². The Morgan fingerprint density at radius 1 is 1.32 bits per heavy atom. The molecule has 1 unspecified atom stereocenters. The van der Waals surface area contributed by atoms with Gasteiger partial charge in [-0.05, 0) is 48.6 Å². The Kier molecular flexibility index (Phi) is 3.95. The molecule has 4 rings (SSSR count). The van der Waals surface area contributed by atoms with E-state index in [2.05, 4.69) is 53.2 Å². The molecule has 132 valence electrons. The van der Waals surface area contributed by atoms with Crippen molar-refractivity contribution in [3.8, 4) is 0 Å². The van der Waals surface area contributed by atoms with Crippen molar-refractivity contribution in [2.45, 2.75) is 51.4 Å². The monoisotopic (exact) mass is 355 g/mol. The Balaban J connectivity index is 1.50. The van der Waals surface area contributed by atoms with E-state index in [1.54, 1.807) is 17.7 Å². The third-order valence-electron chi connectivity index (χ3n) is 6.15. The number of nitrogens with zero attached hydrogens (tertiary/aromatic N) is 3. The van der Waals surface area contributed by atoms with Crippen LogP contribution in [0.2, 0.25) is 0 Å². The molecule has 1 amide bonds. The molecule has 0 N–H and O–H groups in total. The van der Waals surface area contributed by atoms with Gasteiger partial charge in [-0.2, -0.15) is 0 Å². The number of carbonyl (C=O) groups excluding carboxylic acids is 1. The zero-order chi connectivity index (χ0) is 17.7. The Morgan fingerprint density at radius 2 is 2.04 bits per heavy atom. The van der Waals surface area contributed by atoms with Crippen LogP contribution < -0.4 is 0 Å². The van der Waals surface area contributed by atoms with Crippen LogP contribution >= 0.6 is 11.3 Å². The molecule has 3 heterocycles. The Labute approximate surface area is 153 Å². The maximum Gasteiger partial charge on any atom is 0.234 e. The minimum absolute atomic E-state index is 0.0645. The maximum atomic E-state index is 13.4. The third kappa shape index (κ3) is 2.60. The standard InChI is InChI=1S/C20H25N3OS/c1-14-11-21-13-22-17(14)15-6-8-23(9-7-15)18(24)20(12-19(20,2)3)16-5-4-10-25-16/h4-5,10-11,13,15H,6-9,12H2,1-3H3. The Bertz CT molecular complexity index is 778. The van der Waals surface area contributed by atoms with Gasteiger partial charge in [0.25, 0.3) is 0 Å². The fraction of sp³-hybridized carbons (Fsp3) is 0.550. The maximum absolute atomic E-state index is 13.4. The van der Waals surface area contributed by atoms with Crippen LogP contribution in [0.15, 0.2) is 30.0 Å². The molecular formula is C20H25N3OS. The number of rotatable bonds is 3. The van der Waals surface area contributed by atoms with Gasteiger partial charge in [0.2, 0.25) is 5.91 Å². The fourth-order valence-corrected chi connectivity index (χ4v) is 5.59. The number of likely N-dealkylation sites (tertiary alicyclic amines) is 1. The van der Waals surface area contributed by atoms with Crippen LogP contribution in [0.3, 0.4) is 0 Å². The van der Waals surface area contributed by atoms with Gasteiger partial charge in [0.15, 0.2) is 0 Å². The predicted molar refractivity (Wildman–Crippen MR) is 99.7 cm³/mol. The highest BCUT2D eigenvalue weighted by atomic mass is 32.1. The van der Waals surface area contributed by atoms with E-state index in [9.17, 15) is 4.79 Å². The summed E-state index contributed by atoms with van der Waals surface area (Å²) in [5.74, 6) is 0.773. The second-order valence-electron chi connectivity index (χ2n) is 8.10. The van der Waals surface area contributed by atoms with Crippen LogP contribution in [0.4, 0.5) is 0 Å². The van der Waals surface area contributed by atoms with Crippen LogP contribution in [0.5, 0.6) is 0 Å². The van der Waals surface area contributed by atoms with E-state index in [0.717, 1.165) is 43.6 Å². The van der Waals surface area contributed by atoms with Gasteiger partial charge >= 0.3 is 0 Å². The second-order valence-corrected chi connectivity index (χ2v) is 9.05. The molecule has 1 saturated heterocycles. The normalized spacial score (nSPS) is 25.8. The van der Waals surface area contributed by atoms with E-state index in [4.69, 9.17) is 0 Å². The van der Waals surface area contributed by atoms with E-state index < -0.39 is 0 Å². The number of thiophene rings is 1. The summed E-state index contributed by atoms with van der Waals surface area (Å²) in [5.41, 5.74) is 2.08. The van der Waals surface area contributed by atoms with Gasteiger partial charge in [-0.25, -0.2) is 9.97 Å². The number of hydrogen-bond donors (Lipinski definition) is 0. The first-order chi connectivity index (χ1) is 12.0. The smallest absolute Gasteiger partial charge is 0.234 e. The average Bonchev–Trinajstić information content (AvgIpc) is 2.98. The third-order valence-corrected chi connectivity index (χ3v) is 7.18. The summed E-state index contributed by atoms with van der Waals surface area (Å²) in [7, 11) is 0. The molecule has 5 heteroatoms. The van der Waals surface area contributed by atoms with Crippen LogP contribution in [-0.4, -0.2) is 33.9 Å². The van der Waals surface area contributed by atoms with Crippen molar-refractivity contribution in [1.82, 2.24) is 14.9 Å². The number of amides is 1. The molecule has 2 aromatic rings. The molecule has 2 aliphatic rings. The molecule has 0 radical (unpaired) electrons. The lowest BCUT2D eigenvalue weighted by Crippen LogP contribution is -2.45. The second kappa shape index (κ2) is 5.90. The Morgan fingerprint density at radius 3 is 2.60 bits per heavy atom. The first kappa shape index (κ1) is 16.7. The zero-order valence-electron chi connectivity index (χ0n) is 15.2. The van der Waals surface area contributed by atoms with Crippen molar-refractivity contribution in [3.05, 3.63) is 46.2 Å². The number of aromatic nitrogens is 2. The summed E-state index contributed by atoms with van der Waals surface area (Å²) in [6, 6.07) is 4.20. The van der Waals surface area contributed by atoms with Crippen molar-refractivity contribution >= 4 is 17.2 Å². The SMILES string of the molecule is Cc1cncnc1C1CCN(C(=O)C2(c3cccs3)CC2(C)C)CC1. The first-order valence-electron chi connectivity index (χ1n) is 9.05. The summed E-state index contributed by atoms with van der Waals surface area (Å²) < 4.78 is 0. The van der Waals surface area contributed by atoms with Crippen molar-refractivity contribution in [1.29, 1.82) is 0 Å². The topological polar surface area (TPSA) is 46.1 Å². The minimum Gasteiger partial charge on any atom is -0.342 e. The van der Waals surface area contributed by atoms with Gasteiger partial charge in [0.05, 0.1) is 5.41 Å². The molecule has 1 saturated carbocycles. The Hall–Kier alpha value is -1.75. The van der Waals surface area contributed by atoms with Gasteiger partial charge in [-0.3, -0.25) is 4.79 Å². The molecule has 0 bridgehead atoms. The van der Waals surface area contributed by atoms with Gasteiger partial charge in [-0.15, -0.1) is 11.3 Å². The van der Waals surface area contributed by atoms with Gasteiger partial charge in [-0.1, -0.05) is 19.9 Å². The molecule has 0 spiro atoms. The lowest BCUT2D eigenvalue weighted by atomic mass is 9.88. The van der Waals surface area contributed by atoms with Gasteiger partial charge < -0.3 is 4.90 Å². The molecule has 0 aromatic carbocycles. The molecule has 25 heavy (non-hydrogen) atoms. The van der Waals surface area contributed by atoms with Crippen LogP contribution in [0, 0.1) is 12.3 Å². The molecule has 1 aliphatic heterocycles. The van der Waals surface area contributed by atoms with E-state index in [0.29, 0.717) is 11.8 Å². The molecule has 1 atom stereocenters. The van der Waals surface area contributed by atoms with Crippen LogP contribution in [-0.2, 0) is 10.2 Å². The minimum atomic E-state index is -0.293. The lowest BCUT2D eigenvalue weighted by molar-refractivity contribution is -0.135. The summed E-state index contributed by atoms with van der Waals surface area (Å²) in [6.07, 6.45) is 6.47. The van der Waals surface area contributed by atoms with Crippen molar-refractivity contribution in [3.63, 3.8) is 0 Å². The van der Waals surface area contributed by atoms with Gasteiger partial charge in [0.1, 0.15) is 6.33 Å². The highest BCUT2D eigenvalue weighted by Crippen LogP contribution is 2.66. The van der Waals surface area contributed by atoms with Crippen molar-refractivity contribution in [2.24, 2.45) is 5.41 Å². The van der Waals surface area contributed by atoms with Crippen molar-refractivity contribution < 1.29 is 4.79 Å². The average molecular weight is 356 g/mol. The quantitative estimate of drug-likeness (QED) is 0.838. The highest BCUT2D eigenvalue weighted by Gasteiger charge is 2.68. The largest absolute Gasteiger partial charge is 0.342 e. The number of piperidine rings is 1. The number of carbonyl (C=O) groups is 1. The fourth-order valence-electron chi connectivity index (χ4n) is 4.49. The highest BCUT2D eigenvalue weighted by molar-refractivity contribution is 7.10. The summed E-state index contributed by atoms with van der Waals surface area (Å²) >= 11 is 1.72. The van der Waals surface area contributed by atoms with Crippen LogP contribution in [0.1, 0.15) is 55.2 Å². The molecule has 2 aromatic heterocycles. The number of aryl methyl sites for hydroxylation is 1. The molecule has 2 fully saturated rings. The molecular weight excluding hydrogens is 330 g/mol. The summed E-state index contributed by atoms with van der Waals surface area (Å²) in [6.45, 7) is 8.18. The van der Waals surface area contributed by atoms with E-state index >= 15 is 0 Å². The summed E-state index contributed by atoms with van der Waals surface area (Å²) in [5, 5.41) is 2.09. The van der Waals surface area contributed by atoms with Crippen LogP contribution in [0.25, 0.3) is 0 Å².